The van der Waals surface area contributed by atoms with E-state index in [2.05, 4.69) is 0 Å². The van der Waals surface area contributed by atoms with Crippen LogP contribution in [-0.4, -0.2) is 36.7 Å². The average Bonchev–Trinajstić information content (AvgIpc) is 2.17. The lowest BCUT2D eigenvalue weighted by molar-refractivity contribution is -0.161. The minimum absolute atomic E-state index is 0.278. The molecular formula is C9H16N2O4. The van der Waals surface area contributed by atoms with E-state index in [1.807, 2.05) is 0 Å². The Bertz CT molecular complexity index is 295. The predicted molar refractivity (Wildman–Crippen MR) is 51.7 cm³/mol. The number of amides is 1. The minimum Gasteiger partial charge on any atom is -0.460 e. The normalized spacial score (nSPS) is 31.2. The number of primary amides is 1. The van der Waals surface area contributed by atoms with Gasteiger partial charge in [-0.15, -0.1) is 0 Å². The van der Waals surface area contributed by atoms with Crippen LogP contribution in [-0.2, 0) is 19.1 Å². The summed E-state index contributed by atoms with van der Waals surface area (Å²) in [5, 5.41) is 0. The molecule has 0 aliphatic carbocycles. The smallest absolute Gasteiger partial charge is 0.335 e. The number of rotatable bonds is 3. The number of nitrogens with two attached hydrogens (primary N) is 2. The molecule has 1 heterocycles. The molecule has 0 aromatic rings. The van der Waals surface area contributed by atoms with Crippen LogP contribution in [0, 0.1) is 0 Å². The fourth-order valence-corrected chi connectivity index (χ4v) is 1.06. The fraction of sp³-hybridized carbons (Fsp3) is 0.778. The summed E-state index contributed by atoms with van der Waals surface area (Å²) in [6.07, 6.45) is 0.335. The summed E-state index contributed by atoms with van der Waals surface area (Å²) in [5.41, 5.74) is 8.58. The summed E-state index contributed by atoms with van der Waals surface area (Å²) in [4.78, 5) is 22.4. The van der Waals surface area contributed by atoms with Crippen LogP contribution in [0.15, 0.2) is 0 Å². The number of esters is 1. The van der Waals surface area contributed by atoms with Gasteiger partial charge < -0.3 is 20.9 Å². The van der Waals surface area contributed by atoms with Crippen LogP contribution >= 0.6 is 0 Å². The first-order valence-corrected chi connectivity index (χ1v) is 4.67. The highest BCUT2D eigenvalue weighted by molar-refractivity contribution is 6.05. The molecule has 2 unspecified atom stereocenters. The molecule has 1 fully saturated rings. The van der Waals surface area contributed by atoms with E-state index in [0.29, 0.717) is 13.0 Å². The highest BCUT2D eigenvalue weighted by Crippen LogP contribution is 2.13. The van der Waals surface area contributed by atoms with Crippen molar-refractivity contribution in [1.29, 1.82) is 0 Å². The van der Waals surface area contributed by atoms with Gasteiger partial charge >= 0.3 is 5.97 Å². The van der Waals surface area contributed by atoms with Crippen molar-refractivity contribution in [3.8, 4) is 0 Å². The standard InChI is InChI=1S/C9H16N2O4/c1-9(11,7(10)12)8(13)15-6-2-4-14-5-3-6/h6H,2-5,11H2,1H3,(H2,10,12)/t9-/m0/s1/i4D/t4?,6?,9-. The second-order valence-electron chi connectivity index (χ2n) is 3.66. The second kappa shape index (κ2) is 4.59. The predicted octanol–water partition coefficient (Wildman–Crippen LogP) is -1.09. The molecular weight excluding hydrogens is 200 g/mol. The molecule has 6 heteroatoms. The molecule has 0 aromatic heterocycles. The lowest BCUT2D eigenvalue weighted by Crippen LogP contribution is -2.57. The summed E-state index contributed by atoms with van der Waals surface area (Å²) in [5.74, 6) is -1.80. The van der Waals surface area contributed by atoms with Crippen molar-refractivity contribution < 1.29 is 20.4 Å². The van der Waals surface area contributed by atoms with Gasteiger partial charge in [-0.3, -0.25) is 4.79 Å². The van der Waals surface area contributed by atoms with Crippen LogP contribution in [0.2, 0.25) is 0 Å². The van der Waals surface area contributed by atoms with Gasteiger partial charge in [0, 0.05) is 12.8 Å². The molecule has 0 aromatic carbocycles. The molecule has 1 amide bonds. The summed E-state index contributed by atoms with van der Waals surface area (Å²) in [6.45, 7) is 0.850. The van der Waals surface area contributed by atoms with E-state index in [0.717, 1.165) is 0 Å². The van der Waals surface area contributed by atoms with Crippen molar-refractivity contribution in [1.82, 2.24) is 0 Å². The Balaban J connectivity index is 2.54. The Morgan fingerprint density at radius 3 is 2.80 bits per heavy atom. The molecule has 1 aliphatic heterocycles. The molecule has 6 nitrogen and oxygen atoms in total. The molecule has 86 valence electrons. The van der Waals surface area contributed by atoms with Crippen LogP contribution in [0.5, 0.6) is 0 Å². The zero-order valence-electron chi connectivity index (χ0n) is 9.56. The van der Waals surface area contributed by atoms with Gasteiger partial charge in [0.2, 0.25) is 5.91 Å². The Morgan fingerprint density at radius 2 is 2.27 bits per heavy atom. The maximum atomic E-state index is 11.5. The summed E-state index contributed by atoms with van der Waals surface area (Å²) in [6, 6.07) is 0. The Hall–Kier alpha value is -1.14. The van der Waals surface area contributed by atoms with Crippen molar-refractivity contribution in [3.05, 3.63) is 0 Å². The molecule has 3 atom stereocenters. The van der Waals surface area contributed by atoms with E-state index in [1.165, 1.54) is 6.92 Å². The van der Waals surface area contributed by atoms with Gasteiger partial charge in [-0.1, -0.05) is 0 Å². The maximum absolute atomic E-state index is 11.5. The summed E-state index contributed by atoms with van der Waals surface area (Å²) < 4.78 is 17.3. The molecule has 15 heavy (non-hydrogen) atoms. The third-order valence-corrected chi connectivity index (χ3v) is 2.24. The van der Waals surface area contributed by atoms with Crippen molar-refractivity contribution in [2.24, 2.45) is 11.5 Å². The monoisotopic (exact) mass is 217 g/mol. The van der Waals surface area contributed by atoms with Gasteiger partial charge in [0.15, 0.2) is 5.54 Å². The maximum Gasteiger partial charge on any atom is 0.335 e. The average molecular weight is 217 g/mol. The number of hydrogen-bond acceptors (Lipinski definition) is 5. The molecule has 1 rings (SSSR count). The zero-order valence-corrected chi connectivity index (χ0v) is 8.56. The van der Waals surface area contributed by atoms with Gasteiger partial charge in [0.1, 0.15) is 6.10 Å². The fourth-order valence-electron chi connectivity index (χ4n) is 1.06. The molecule has 0 bridgehead atoms. The SMILES string of the molecule is [2H]C1CC(OC(=O)[C@@](C)(N)C(N)=O)CCO1. The van der Waals surface area contributed by atoms with Gasteiger partial charge in [0.25, 0.3) is 0 Å². The Kier molecular flexibility index (Phi) is 3.17. The molecule has 0 radical (unpaired) electrons. The first kappa shape index (κ1) is 10.4. The van der Waals surface area contributed by atoms with E-state index in [-0.39, 0.29) is 6.42 Å². The number of ether oxygens (including phenoxy) is 2. The lowest BCUT2D eigenvalue weighted by atomic mass is 10.0. The van der Waals surface area contributed by atoms with Gasteiger partial charge in [-0.2, -0.15) is 0 Å². The van der Waals surface area contributed by atoms with Gasteiger partial charge in [-0.05, 0) is 6.92 Å². The Labute approximate surface area is 89.3 Å². The molecule has 4 N–H and O–H groups in total. The van der Waals surface area contributed by atoms with Crippen molar-refractivity contribution in [3.63, 3.8) is 0 Å². The Morgan fingerprint density at radius 1 is 1.60 bits per heavy atom. The lowest BCUT2D eigenvalue weighted by Gasteiger charge is -2.26. The van der Waals surface area contributed by atoms with Crippen LogP contribution in [0.1, 0.15) is 21.1 Å². The van der Waals surface area contributed by atoms with Crippen LogP contribution in [0.3, 0.4) is 0 Å². The van der Waals surface area contributed by atoms with Crippen LogP contribution in [0.25, 0.3) is 0 Å². The first-order valence-electron chi connectivity index (χ1n) is 5.25. The van der Waals surface area contributed by atoms with Gasteiger partial charge in [-0.25, -0.2) is 4.79 Å². The van der Waals surface area contributed by atoms with Crippen molar-refractivity contribution >= 4 is 11.9 Å². The summed E-state index contributed by atoms with van der Waals surface area (Å²) >= 11 is 0. The van der Waals surface area contributed by atoms with E-state index in [9.17, 15) is 9.59 Å². The van der Waals surface area contributed by atoms with E-state index in [1.54, 1.807) is 0 Å². The largest absolute Gasteiger partial charge is 0.460 e. The number of carbonyl (C=O) groups excluding carboxylic acids is 2. The first-order chi connectivity index (χ1) is 7.34. The molecule has 1 saturated heterocycles. The van der Waals surface area contributed by atoms with Crippen molar-refractivity contribution in [2.75, 3.05) is 13.2 Å². The third kappa shape index (κ3) is 2.90. The molecule has 0 spiro atoms. The highest BCUT2D eigenvalue weighted by atomic mass is 16.6. The third-order valence-electron chi connectivity index (χ3n) is 2.24. The summed E-state index contributed by atoms with van der Waals surface area (Å²) in [7, 11) is 0. The molecule has 1 aliphatic rings. The topological polar surface area (TPSA) is 105 Å². The van der Waals surface area contributed by atoms with Crippen LogP contribution in [0.4, 0.5) is 0 Å². The van der Waals surface area contributed by atoms with E-state index in [4.69, 9.17) is 22.3 Å². The highest BCUT2D eigenvalue weighted by Gasteiger charge is 2.38. The number of carbonyl (C=O) groups is 2. The quantitative estimate of drug-likeness (QED) is 0.461. The van der Waals surface area contributed by atoms with Gasteiger partial charge in [0.05, 0.1) is 14.6 Å². The van der Waals surface area contributed by atoms with E-state index >= 15 is 0 Å². The molecule has 0 saturated carbocycles. The minimum atomic E-state index is -1.82. The van der Waals surface area contributed by atoms with Crippen LogP contribution < -0.4 is 11.5 Å². The number of hydrogen-bond donors (Lipinski definition) is 2. The zero-order chi connectivity index (χ0) is 12.3. The van der Waals surface area contributed by atoms with E-state index < -0.39 is 30.1 Å². The second-order valence-corrected chi connectivity index (χ2v) is 3.66. The van der Waals surface area contributed by atoms with Crippen molar-refractivity contribution in [2.45, 2.75) is 31.4 Å².